The zero-order valence-electron chi connectivity index (χ0n) is 9.08. The van der Waals surface area contributed by atoms with Crippen LogP contribution in [0.5, 0.6) is 0 Å². The van der Waals surface area contributed by atoms with Gasteiger partial charge in [0.15, 0.2) is 0 Å². The Balaban J connectivity index is 1.88. The van der Waals surface area contributed by atoms with Gasteiger partial charge in [-0.2, -0.15) is 13.2 Å². The zero-order chi connectivity index (χ0) is 11.8. The lowest BCUT2D eigenvalue weighted by Crippen LogP contribution is -2.54. The van der Waals surface area contributed by atoms with Gasteiger partial charge in [0.05, 0.1) is 13.2 Å². The molecule has 2 saturated heterocycles. The van der Waals surface area contributed by atoms with Crippen LogP contribution in [-0.2, 0) is 0 Å². The number of rotatable bonds is 2. The molecule has 0 radical (unpaired) electrons. The van der Waals surface area contributed by atoms with E-state index < -0.39 is 12.7 Å². The van der Waals surface area contributed by atoms with Crippen molar-refractivity contribution >= 4 is 0 Å². The van der Waals surface area contributed by atoms with Crippen LogP contribution in [0, 0.1) is 0 Å². The average Bonchev–Trinajstić information content (AvgIpc) is 2.57. The molecule has 94 valence electrons. The third-order valence-electron chi connectivity index (χ3n) is 3.53. The summed E-state index contributed by atoms with van der Waals surface area (Å²) in [6.07, 6.45) is -2.29. The molecule has 0 aromatic rings. The summed E-state index contributed by atoms with van der Waals surface area (Å²) < 4.78 is 36.7. The third kappa shape index (κ3) is 2.67. The van der Waals surface area contributed by atoms with Gasteiger partial charge in [-0.15, -0.1) is 0 Å². The Morgan fingerprint density at radius 2 is 1.94 bits per heavy atom. The first-order chi connectivity index (χ1) is 7.49. The molecule has 0 aromatic heterocycles. The molecule has 0 spiro atoms. The Kier molecular flexibility index (Phi) is 3.42. The number of alkyl halides is 3. The van der Waals surface area contributed by atoms with Crippen LogP contribution in [0.1, 0.15) is 12.8 Å². The molecule has 2 fully saturated rings. The number of hydrogen-bond acceptors (Lipinski definition) is 3. The third-order valence-corrected chi connectivity index (χ3v) is 3.53. The van der Waals surface area contributed by atoms with Crippen molar-refractivity contribution in [2.24, 2.45) is 0 Å². The number of hydrogen-bond donors (Lipinski definition) is 1. The van der Waals surface area contributed by atoms with E-state index in [9.17, 15) is 13.2 Å². The van der Waals surface area contributed by atoms with Crippen molar-refractivity contribution < 1.29 is 18.3 Å². The molecule has 2 aliphatic heterocycles. The van der Waals surface area contributed by atoms with E-state index in [1.807, 2.05) is 0 Å². The summed E-state index contributed by atoms with van der Waals surface area (Å²) in [5, 5.41) is 9.12. The Hall–Kier alpha value is -0.330. The van der Waals surface area contributed by atoms with Crippen LogP contribution in [0.15, 0.2) is 0 Å². The summed E-state index contributed by atoms with van der Waals surface area (Å²) >= 11 is 0. The molecule has 16 heavy (non-hydrogen) atoms. The molecule has 2 heterocycles. The summed E-state index contributed by atoms with van der Waals surface area (Å²) in [6, 6.07) is 0.367. The molecule has 0 bridgehead atoms. The highest BCUT2D eigenvalue weighted by Gasteiger charge is 2.39. The lowest BCUT2D eigenvalue weighted by molar-refractivity contribution is -0.151. The first kappa shape index (κ1) is 12.1. The van der Waals surface area contributed by atoms with Gasteiger partial charge in [-0.05, 0) is 12.8 Å². The fraction of sp³-hybridized carbons (Fsp3) is 1.00. The minimum atomic E-state index is -4.10. The quantitative estimate of drug-likeness (QED) is 0.766. The van der Waals surface area contributed by atoms with Crippen LogP contribution in [-0.4, -0.2) is 66.0 Å². The van der Waals surface area contributed by atoms with Crippen molar-refractivity contribution in [1.82, 2.24) is 9.80 Å². The first-order valence-electron chi connectivity index (χ1n) is 5.65. The van der Waals surface area contributed by atoms with Crippen molar-refractivity contribution in [2.75, 3.05) is 32.8 Å². The van der Waals surface area contributed by atoms with Crippen molar-refractivity contribution in [3.05, 3.63) is 0 Å². The van der Waals surface area contributed by atoms with Gasteiger partial charge >= 0.3 is 6.18 Å². The Morgan fingerprint density at radius 1 is 1.19 bits per heavy atom. The summed E-state index contributed by atoms with van der Waals surface area (Å²) in [5.41, 5.74) is 0. The molecular formula is C10H17F3N2O. The topological polar surface area (TPSA) is 26.7 Å². The van der Waals surface area contributed by atoms with Gasteiger partial charge in [0.1, 0.15) is 0 Å². The van der Waals surface area contributed by atoms with E-state index in [2.05, 4.69) is 4.90 Å². The van der Waals surface area contributed by atoms with E-state index in [0.29, 0.717) is 19.6 Å². The van der Waals surface area contributed by atoms with Gasteiger partial charge in [0, 0.05) is 31.7 Å². The molecule has 1 N–H and O–H groups in total. The van der Waals surface area contributed by atoms with Gasteiger partial charge in [0.2, 0.25) is 0 Å². The van der Waals surface area contributed by atoms with Crippen LogP contribution in [0.3, 0.4) is 0 Å². The molecule has 2 aliphatic rings. The average molecular weight is 238 g/mol. The Bertz CT molecular complexity index is 247. The van der Waals surface area contributed by atoms with E-state index >= 15 is 0 Å². The molecule has 0 amide bonds. The number of aliphatic hydroxyl groups is 1. The maximum absolute atomic E-state index is 12.2. The highest BCUT2D eigenvalue weighted by molar-refractivity contribution is 4.92. The van der Waals surface area contributed by atoms with Gasteiger partial charge < -0.3 is 5.11 Å². The first-order valence-corrected chi connectivity index (χ1v) is 5.65. The van der Waals surface area contributed by atoms with Crippen LogP contribution >= 0.6 is 0 Å². The lowest BCUT2D eigenvalue weighted by Gasteiger charge is -2.39. The lowest BCUT2D eigenvalue weighted by atomic mass is 10.1. The fourth-order valence-electron chi connectivity index (χ4n) is 2.82. The van der Waals surface area contributed by atoms with Crippen LogP contribution in [0.25, 0.3) is 0 Å². The SMILES string of the molecule is OC[C@H]1CC[C@@H]2CN(CC(F)(F)F)CCN21. The molecule has 2 atom stereocenters. The van der Waals surface area contributed by atoms with Crippen molar-refractivity contribution in [2.45, 2.75) is 31.1 Å². The maximum Gasteiger partial charge on any atom is 0.401 e. The highest BCUT2D eigenvalue weighted by atomic mass is 19.4. The smallest absolute Gasteiger partial charge is 0.395 e. The molecule has 0 unspecified atom stereocenters. The monoisotopic (exact) mass is 238 g/mol. The van der Waals surface area contributed by atoms with Crippen LogP contribution in [0.2, 0.25) is 0 Å². The van der Waals surface area contributed by atoms with E-state index in [-0.39, 0.29) is 18.7 Å². The van der Waals surface area contributed by atoms with Crippen LogP contribution < -0.4 is 0 Å². The summed E-state index contributed by atoms with van der Waals surface area (Å²) in [4.78, 5) is 3.63. The predicted octanol–water partition coefficient (Wildman–Crippen LogP) is 0.690. The predicted molar refractivity (Wildman–Crippen MR) is 53.1 cm³/mol. The number of nitrogens with zero attached hydrogens (tertiary/aromatic N) is 2. The second-order valence-electron chi connectivity index (χ2n) is 4.66. The number of fused-ring (bicyclic) bond motifs is 1. The molecule has 6 heteroatoms. The second-order valence-corrected chi connectivity index (χ2v) is 4.66. The number of aliphatic hydroxyl groups excluding tert-OH is 1. The van der Waals surface area contributed by atoms with E-state index in [1.54, 1.807) is 0 Å². The summed E-state index contributed by atoms with van der Waals surface area (Å²) in [5.74, 6) is 0. The largest absolute Gasteiger partial charge is 0.401 e. The van der Waals surface area contributed by atoms with Gasteiger partial charge in [-0.3, -0.25) is 9.80 Å². The molecule has 2 rings (SSSR count). The molecule has 0 saturated carbocycles. The van der Waals surface area contributed by atoms with Gasteiger partial charge in [-0.1, -0.05) is 0 Å². The fourth-order valence-corrected chi connectivity index (χ4v) is 2.82. The molecule has 0 aliphatic carbocycles. The molecule has 0 aromatic carbocycles. The van der Waals surface area contributed by atoms with E-state index in [0.717, 1.165) is 12.8 Å². The van der Waals surface area contributed by atoms with Gasteiger partial charge in [-0.25, -0.2) is 0 Å². The molecular weight excluding hydrogens is 221 g/mol. The highest BCUT2D eigenvalue weighted by Crippen LogP contribution is 2.28. The van der Waals surface area contributed by atoms with Crippen molar-refractivity contribution in [3.63, 3.8) is 0 Å². The minimum absolute atomic E-state index is 0.121. The molecule has 3 nitrogen and oxygen atoms in total. The van der Waals surface area contributed by atoms with E-state index in [4.69, 9.17) is 5.11 Å². The summed E-state index contributed by atoms with van der Waals surface area (Å²) in [6.45, 7) is 0.894. The number of piperazine rings is 1. The van der Waals surface area contributed by atoms with Gasteiger partial charge in [0.25, 0.3) is 0 Å². The summed E-state index contributed by atoms with van der Waals surface area (Å²) in [7, 11) is 0. The standard InChI is InChI=1S/C10H17F3N2O/c11-10(12,13)7-14-3-4-15-8(5-14)1-2-9(15)6-16/h8-9,16H,1-7H2/t8-,9-/m1/s1. The van der Waals surface area contributed by atoms with E-state index in [1.165, 1.54) is 4.90 Å². The second kappa shape index (κ2) is 4.50. The van der Waals surface area contributed by atoms with Crippen molar-refractivity contribution in [3.8, 4) is 0 Å². The van der Waals surface area contributed by atoms with Crippen molar-refractivity contribution in [1.29, 1.82) is 0 Å². The maximum atomic E-state index is 12.2. The normalized spacial score (nSPS) is 33.0. The number of halogens is 3. The minimum Gasteiger partial charge on any atom is -0.395 e. The Labute approximate surface area is 92.8 Å². The van der Waals surface area contributed by atoms with Crippen LogP contribution in [0.4, 0.5) is 13.2 Å². The zero-order valence-corrected chi connectivity index (χ0v) is 9.08. The Morgan fingerprint density at radius 3 is 2.56 bits per heavy atom.